The van der Waals surface area contributed by atoms with E-state index in [0.717, 1.165) is 20.6 Å². The Kier molecular flexibility index (Phi) is 5.38. The number of nitrogens with one attached hydrogen (secondary N) is 1. The molecule has 0 radical (unpaired) electrons. The Morgan fingerprint density at radius 3 is 2.62 bits per heavy atom. The minimum atomic E-state index is -0.118. The largest absolute Gasteiger partial charge is 0.490 e. The maximum absolute atomic E-state index is 12.2. The molecule has 2 rings (SSSR count). The minimum Gasteiger partial charge on any atom is -0.490 e. The fraction of sp³-hybridized carbons (Fsp3) is 0.118. The zero-order chi connectivity index (χ0) is 15.2. The van der Waals surface area contributed by atoms with Crippen LogP contribution in [0.5, 0.6) is 5.75 Å². The Morgan fingerprint density at radius 1 is 1.29 bits per heavy atom. The number of carbonyl (C=O) groups is 1. The van der Waals surface area contributed by atoms with Gasteiger partial charge in [0.05, 0.1) is 0 Å². The molecule has 0 bridgehead atoms. The van der Waals surface area contributed by atoms with E-state index in [1.165, 1.54) is 0 Å². The Labute approximate surface area is 138 Å². The zero-order valence-corrected chi connectivity index (χ0v) is 13.9. The molecule has 0 spiro atoms. The van der Waals surface area contributed by atoms with Crippen LogP contribution in [0, 0.1) is 10.5 Å². The predicted molar refractivity (Wildman–Crippen MR) is 94.0 cm³/mol. The molecule has 4 heteroatoms. The van der Waals surface area contributed by atoms with Crippen molar-refractivity contribution in [1.82, 2.24) is 0 Å². The van der Waals surface area contributed by atoms with E-state index in [9.17, 15) is 4.79 Å². The third-order valence-electron chi connectivity index (χ3n) is 2.91. The van der Waals surface area contributed by atoms with E-state index in [1.807, 2.05) is 49.4 Å². The minimum absolute atomic E-state index is 0.118. The average molecular weight is 393 g/mol. The van der Waals surface area contributed by atoms with E-state index >= 15 is 0 Å². The number of amides is 1. The molecule has 0 aliphatic heterocycles. The molecule has 3 nitrogen and oxygen atoms in total. The molecule has 0 aromatic heterocycles. The van der Waals surface area contributed by atoms with Gasteiger partial charge in [0.1, 0.15) is 12.4 Å². The zero-order valence-electron chi connectivity index (χ0n) is 11.7. The smallest absolute Gasteiger partial charge is 0.255 e. The van der Waals surface area contributed by atoms with Gasteiger partial charge >= 0.3 is 0 Å². The maximum Gasteiger partial charge on any atom is 0.255 e. The monoisotopic (exact) mass is 393 g/mol. The van der Waals surface area contributed by atoms with E-state index < -0.39 is 0 Å². The van der Waals surface area contributed by atoms with Crippen LogP contribution in [0.4, 0.5) is 5.69 Å². The van der Waals surface area contributed by atoms with Crippen LogP contribution in [-0.4, -0.2) is 12.5 Å². The SMILES string of the molecule is C=CCOc1ccc(NC(=O)c2ccc(C)c(I)c2)cc1. The highest BCUT2D eigenvalue weighted by Gasteiger charge is 2.07. The number of ether oxygens (including phenoxy) is 1. The maximum atomic E-state index is 12.2. The van der Waals surface area contributed by atoms with Crippen molar-refractivity contribution in [3.8, 4) is 5.75 Å². The Bertz CT molecular complexity index is 650. The summed E-state index contributed by atoms with van der Waals surface area (Å²) in [5.41, 5.74) is 2.55. The van der Waals surface area contributed by atoms with E-state index in [1.54, 1.807) is 6.08 Å². The average Bonchev–Trinajstić information content (AvgIpc) is 2.49. The number of anilines is 1. The van der Waals surface area contributed by atoms with Gasteiger partial charge in [-0.25, -0.2) is 0 Å². The number of hydrogen-bond donors (Lipinski definition) is 1. The fourth-order valence-electron chi connectivity index (χ4n) is 1.73. The molecule has 0 aliphatic carbocycles. The number of benzene rings is 2. The summed E-state index contributed by atoms with van der Waals surface area (Å²) in [5.74, 6) is 0.630. The Hall–Kier alpha value is -1.82. The summed E-state index contributed by atoms with van der Waals surface area (Å²) in [5, 5.41) is 2.87. The number of hydrogen-bond acceptors (Lipinski definition) is 2. The first kappa shape index (κ1) is 15.6. The van der Waals surface area contributed by atoms with Gasteiger partial charge in [0.25, 0.3) is 5.91 Å². The summed E-state index contributed by atoms with van der Waals surface area (Å²) in [6, 6.07) is 12.9. The molecule has 1 amide bonds. The molecule has 108 valence electrons. The molecule has 0 fully saturated rings. The highest BCUT2D eigenvalue weighted by Crippen LogP contribution is 2.18. The van der Waals surface area contributed by atoms with E-state index in [-0.39, 0.29) is 5.91 Å². The molecular formula is C17H16INO2. The predicted octanol–water partition coefficient (Wildman–Crippen LogP) is 4.42. The lowest BCUT2D eigenvalue weighted by atomic mass is 10.1. The van der Waals surface area contributed by atoms with Crippen molar-refractivity contribution >= 4 is 34.2 Å². The number of halogens is 1. The standard InChI is InChI=1S/C17H16INO2/c1-3-10-21-15-8-6-14(7-9-15)19-17(20)13-5-4-12(2)16(18)11-13/h3-9,11H,1,10H2,2H3,(H,19,20). The van der Waals surface area contributed by atoms with E-state index in [0.29, 0.717) is 12.2 Å². The van der Waals surface area contributed by atoms with Gasteiger partial charge in [0.2, 0.25) is 0 Å². The van der Waals surface area contributed by atoms with Crippen LogP contribution in [0.2, 0.25) is 0 Å². The van der Waals surface area contributed by atoms with Gasteiger partial charge in [-0.15, -0.1) is 0 Å². The lowest BCUT2D eigenvalue weighted by Crippen LogP contribution is -2.12. The molecular weight excluding hydrogens is 377 g/mol. The second kappa shape index (κ2) is 7.26. The van der Waals surface area contributed by atoms with Crippen molar-refractivity contribution in [2.24, 2.45) is 0 Å². The quantitative estimate of drug-likeness (QED) is 0.604. The summed E-state index contributed by atoms with van der Waals surface area (Å²) >= 11 is 2.23. The molecule has 2 aromatic carbocycles. The molecule has 0 saturated carbocycles. The second-order valence-corrected chi connectivity index (χ2v) is 5.70. The molecule has 0 heterocycles. The molecule has 1 N–H and O–H groups in total. The Balaban J connectivity index is 2.05. The first-order valence-corrected chi connectivity index (χ1v) is 7.59. The molecule has 0 saturated heterocycles. The van der Waals surface area contributed by atoms with Crippen molar-refractivity contribution in [2.45, 2.75) is 6.92 Å². The van der Waals surface area contributed by atoms with Crippen molar-refractivity contribution < 1.29 is 9.53 Å². The Morgan fingerprint density at radius 2 is 2.00 bits per heavy atom. The number of aryl methyl sites for hydroxylation is 1. The van der Waals surface area contributed by atoms with Crippen molar-refractivity contribution in [3.63, 3.8) is 0 Å². The molecule has 0 atom stereocenters. The third-order valence-corrected chi connectivity index (χ3v) is 4.08. The van der Waals surface area contributed by atoms with Crippen LogP contribution in [0.3, 0.4) is 0 Å². The number of rotatable bonds is 5. The van der Waals surface area contributed by atoms with E-state index in [2.05, 4.69) is 34.5 Å². The van der Waals surface area contributed by atoms with Gasteiger partial charge in [0.15, 0.2) is 0 Å². The van der Waals surface area contributed by atoms with Gasteiger partial charge in [-0.3, -0.25) is 4.79 Å². The van der Waals surface area contributed by atoms with Crippen LogP contribution in [0.15, 0.2) is 55.1 Å². The topological polar surface area (TPSA) is 38.3 Å². The summed E-state index contributed by atoms with van der Waals surface area (Å²) in [7, 11) is 0. The van der Waals surface area contributed by atoms with Crippen molar-refractivity contribution in [2.75, 3.05) is 11.9 Å². The van der Waals surface area contributed by atoms with Crippen LogP contribution >= 0.6 is 22.6 Å². The summed E-state index contributed by atoms with van der Waals surface area (Å²) < 4.78 is 6.47. The van der Waals surface area contributed by atoms with Crippen LogP contribution in [0.25, 0.3) is 0 Å². The summed E-state index contributed by atoms with van der Waals surface area (Å²) in [6.07, 6.45) is 1.69. The van der Waals surface area contributed by atoms with Gasteiger partial charge in [-0.2, -0.15) is 0 Å². The lowest BCUT2D eigenvalue weighted by molar-refractivity contribution is 0.102. The highest BCUT2D eigenvalue weighted by atomic mass is 127. The van der Waals surface area contributed by atoms with Crippen molar-refractivity contribution in [3.05, 3.63) is 69.8 Å². The first-order chi connectivity index (χ1) is 10.1. The van der Waals surface area contributed by atoms with E-state index in [4.69, 9.17) is 4.74 Å². The first-order valence-electron chi connectivity index (χ1n) is 6.51. The van der Waals surface area contributed by atoms with Gasteiger partial charge in [-0.1, -0.05) is 18.7 Å². The highest BCUT2D eigenvalue weighted by molar-refractivity contribution is 14.1. The van der Waals surface area contributed by atoms with Gasteiger partial charge in [-0.05, 0) is 71.5 Å². The summed E-state index contributed by atoms with van der Waals surface area (Å²) in [6.45, 7) is 6.08. The molecule has 0 unspecified atom stereocenters. The normalized spacial score (nSPS) is 10.0. The van der Waals surface area contributed by atoms with Gasteiger partial charge < -0.3 is 10.1 Å². The lowest BCUT2D eigenvalue weighted by Gasteiger charge is -2.08. The molecule has 21 heavy (non-hydrogen) atoms. The number of carbonyl (C=O) groups excluding carboxylic acids is 1. The third kappa shape index (κ3) is 4.32. The fourth-order valence-corrected chi connectivity index (χ4v) is 2.24. The van der Waals surface area contributed by atoms with Crippen LogP contribution in [-0.2, 0) is 0 Å². The van der Waals surface area contributed by atoms with Gasteiger partial charge in [0, 0.05) is 14.8 Å². The summed E-state index contributed by atoms with van der Waals surface area (Å²) in [4.78, 5) is 12.2. The van der Waals surface area contributed by atoms with Crippen LogP contribution in [0.1, 0.15) is 15.9 Å². The van der Waals surface area contributed by atoms with Crippen LogP contribution < -0.4 is 10.1 Å². The van der Waals surface area contributed by atoms with Crippen molar-refractivity contribution in [1.29, 1.82) is 0 Å². The molecule has 0 aliphatic rings. The second-order valence-electron chi connectivity index (χ2n) is 4.54. The molecule has 2 aromatic rings.